The number of carbonyl (C=O) groups excluding carboxylic acids is 1. The zero-order chi connectivity index (χ0) is 30.7. The lowest BCUT2D eigenvalue weighted by Gasteiger charge is -2.04. The third kappa shape index (κ3) is 78.7. The van der Waals surface area contributed by atoms with Crippen LogP contribution in [0.4, 0.5) is 0 Å². The number of ether oxygens (including phenoxy) is 2. The van der Waals surface area contributed by atoms with Crippen molar-refractivity contribution in [2.45, 2.75) is 157 Å². The van der Waals surface area contributed by atoms with Crippen LogP contribution in [0.1, 0.15) is 157 Å². The largest absolute Gasteiger partial charge is 0.466 e. The second-order valence-corrected chi connectivity index (χ2v) is 9.32. The van der Waals surface area contributed by atoms with Gasteiger partial charge in [0.15, 0.2) is 0 Å². The van der Waals surface area contributed by atoms with Crippen molar-refractivity contribution >= 4 is 5.97 Å². The Balaban J connectivity index is -0.000000209. The van der Waals surface area contributed by atoms with E-state index in [2.05, 4.69) is 27.0 Å². The number of allylic oxidation sites excluding steroid dienone is 2. The Hall–Kier alpha value is -1.17. The Bertz CT molecular complexity index is 389. The van der Waals surface area contributed by atoms with E-state index in [0.717, 1.165) is 32.5 Å². The predicted octanol–water partition coefficient (Wildman–Crippen LogP) is 9.99. The molecule has 0 spiro atoms. The molecule has 0 aliphatic heterocycles. The van der Waals surface area contributed by atoms with Gasteiger partial charge in [0, 0.05) is 19.6 Å². The van der Waals surface area contributed by atoms with E-state index in [1.54, 1.807) is 12.2 Å². The van der Waals surface area contributed by atoms with Crippen LogP contribution in [-0.4, -0.2) is 49.2 Å². The standard InChI is InChI=1S/C22H44O2.C4H10O.2C3H6.C2H6O2/c1-3-5-7-8-9-10-11-12-13-14-15-16-17-18-19-20-22(23)24-21-6-4-2;1-3-5-4-2;2*1-3-2;3-1-2-4/h3-21H2,1-2H3;3-4H2,1-2H3;2*3H,1H2,2H3;3-4H,1-2H2. The number of hydrogen-bond donors (Lipinski definition) is 2. The SMILES string of the molecule is C=CC.C=CC.CCCCCCCCCCCCCCCCCC(=O)OCCCC.CCOCC.OCCO. The third-order valence-electron chi connectivity index (χ3n) is 5.25. The maximum Gasteiger partial charge on any atom is 0.305 e. The molecule has 0 saturated heterocycles. The molecule has 0 fully saturated rings. The highest BCUT2D eigenvalue weighted by molar-refractivity contribution is 5.69. The quantitative estimate of drug-likeness (QED) is 0.0782. The lowest BCUT2D eigenvalue weighted by molar-refractivity contribution is -0.143. The van der Waals surface area contributed by atoms with Crippen molar-refractivity contribution in [1.29, 1.82) is 0 Å². The van der Waals surface area contributed by atoms with Crippen molar-refractivity contribution in [2.75, 3.05) is 33.0 Å². The van der Waals surface area contributed by atoms with Gasteiger partial charge in [0.1, 0.15) is 0 Å². The van der Waals surface area contributed by atoms with E-state index in [4.69, 9.17) is 19.7 Å². The van der Waals surface area contributed by atoms with Crippen molar-refractivity contribution in [2.24, 2.45) is 0 Å². The summed E-state index contributed by atoms with van der Waals surface area (Å²) in [5.74, 6) is -0.00172. The minimum absolute atomic E-state index is 0.00172. The second kappa shape index (κ2) is 56.9. The first-order valence-corrected chi connectivity index (χ1v) is 16.1. The maximum absolute atomic E-state index is 11.4. The highest BCUT2D eigenvalue weighted by Gasteiger charge is 2.01. The molecule has 0 radical (unpaired) electrons. The fraction of sp³-hybridized carbons (Fsp3) is 0.853. The number of rotatable bonds is 22. The summed E-state index contributed by atoms with van der Waals surface area (Å²) in [7, 11) is 0. The molecule has 5 heteroatoms. The van der Waals surface area contributed by atoms with Gasteiger partial charge in [-0.15, -0.1) is 13.2 Å². The van der Waals surface area contributed by atoms with Gasteiger partial charge >= 0.3 is 5.97 Å². The Kier molecular flexibility index (Phi) is 69.4. The Morgan fingerprint density at radius 1 is 0.590 bits per heavy atom. The summed E-state index contributed by atoms with van der Waals surface area (Å²) in [5.41, 5.74) is 0. The molecular weight excluding hydrogens is 488 g/mol. The molecular formula is C34H72O5. The molecule has 0 aromatic carbocycles. The monoisotopic (exact) mass is 561 g/mol. The van der Waals surface area contributed by atoms with Crippen molar-refractivity contribution in [3.63, 3.8) is 0 Å². The summed E-state index contributed by atoms with van der Waals surface area (Å²) < 4.78 is 10.00. The Morgan fingerprint density at radius 3 is 1.15 bits per heavy atom. The number of aliphatic hydroxyl groups excluding tert-OH is 2. The van der Waals surface area contributed by atoms with E-state index in [1.165, 1.54) is 89.9 Å². The number of unbranched alkanes of at least 4 members (excludes halogenated alkanes) is 15. The van der Waals surface area contributed by atoms with Gasteiger partial charge in [-0.3, -0.25) is 4.79 Å². The van der Waals surface area contributed by atoms with Crippen LogP contribution in [-0.2, 0) is 14.3 Å². The van der Waals surface area contributed by atoms with E-state index < -0.39 is 0 Å². The Labute approximate surface area is 245 Å². The summed E-state index contributed by atoms with van der Waals surface area (Å²) in [6.07, 6.45) is 26.6. The van der Waals surface area contributed by atoms with Gasteiger partial charge in [-0.25, -0.2) is 0 Å². The average Bonchev–Trinajstić information content (AvgIpc) is 2.93. The van der Waals surface area contributed by atoms with Gasteiger partial charge in [0.05, 0.1) is 19.8 Å². The second-order valence-electron chi connectivity index (χ2n) is 9.32. The van der Waals surface area contributed by atoms with Gasteiger partial charge in [0.25, 0.3) is 0 Å². The molecule has 0 aromatic rings. The average molecular weight is 561 g/mol. The number of hydrogen-bond acceptors (Lipinski definition) is 5. The molecule has 0 rings (SSSR count). The molecule has 0 heterocycles. The highest BCUT2D eigenvalue weighted by Crippen LogP contribution is 2.13. The van der Waals surface area contributed by atoms with Crippen LogP contribution >= 0.6 is 0 Å². The van der Waals surface area contributed by atoms with Gasteiger partial charge in [-0.2, -0.15) is 0 Å². The first-order chi connectivity index (χ1) is 19.0. The van der Waals surface area contributed by atoms with Crippen LogP contribution in [0.15, 0.2) is 25.3 Å². The van der Waals surface area contributed by atoms with Crippen LogP contribution in [0.5, 0.6) is 0 Å². The first-order valence-electron chi connectivity index (χ1n) is 16.1. The van der Waals surface area contributed by atoms with Crippen LogP contribution in [0.3, 0.4) is 0 Å². The summed E-state index contributed by atoms with van der Waals surface area (Å²) in [6, 6.07) is 0. The van der Waals surface area contributed by atoms with E-state index >= 15 is 0 Å². The van der Waals surface area contributed by atoms with Gasteiger partial charge in [0.2, 0.25) is 0 Å². The summed E-state index contributed by atoms with van der Waals surface area (Å²) in [4.78, 5) is 11.4. The van der Waals surface area contributed by atoms with Crippen LogP contribution in [0.25, 0.3) is 0 Å². The molecule has 5 nitrogen and oxygen atoms in total. The zero-order valence-electron chi connectivity index (χ0n) is 27.5. The van der Waals surface area contributed by atoms with E-state index in [0.29, 0.717) is 13.0 Å². The molecule has 0 atom stereocenters. The van der Waals surface area contributed by atoms with E-state index in [-0.39, 0.29) is 19.2 Å². The molecule has 0 aliphatic rings. The molecule has 0 saturated carbocycles. The minimum atomic E-state index is -0.125. The predicted molar refractivity (Wildman–Crippen MR) is 173 cm³/mol. The van der Waals surface area contributed by atoms with Crippen LogP contribution < -0.4 is 0 Å². The third-order valence-corrected chi connectivity index (χ3v) is 5.25. The lowest BCUT2D eigenvalue weighted by Crippen LogP contribution is -2.05. The van der Waals surface area contributed by atoms with Gasteiger partial charge < -0.3 is 19.7 Å². The Morgan fingerprint density at radius 2 is 0.897 bits per heavy atom. The van der Waals surface area contributed by atoms with E-state index in [9.17, 15) is 4.79 Å². The molecule has 2 N–H and O–H groups in total. The minimum Gasteiger partial charge on any atom is -0.466 e. The molecule has 0 amide bonds. The van der Waals surface area contributed by atoms with Crippen molar-refractivity contribution in [1.82, 2.24) is 0 Å². The highest BCUT2D eigenvalue weighted by atomic mass is 16.5. The normalized spacial score (nSPS) is 9.23. The molecule has 0 unspecified atom stereocenters. The summed E-state index contributed by atoms with van der Waals surface area (Å²) in [6.45, 7) is 20.9. The fourth-order valence-corrected chi connectivity index (χ4v) is 3.25. The molecule has 39 heavy (non-hydrogen) atoms. The lowest BCUT2D eigenvalue weighted by atomic mass is 10.0. The van der Waals surface area contributed by atoms with Crippen LogP contribution in [0, 0.1) is 0 Å². The van der Waals surface area contributed by atoms with Crippen molar-refractivity contribution in [3.05, 3.63) is 25.3 Å². The summed E-state index contributed by atoms with van der Waals surface area (Å²) in [5, 5.41) is 15.2. The maximum atomic E-state index is 11.4. The fourth-order valence-electron chi connectivity index (χ4n) is 3.25. The van der Waals surface area contributed by atoms with Crippen molar-refractivity contribution in [3.8, 4) is 0 Å². The summed E-state index contributed by atoms with van der Waals surface area (Å²) >= 11 is 0. The van der Waals surface area contributed by atoms with Crippen molar-refractivity contribution < 1.29 is 24.5 Å². The first kappa shape index (κ1) is 47.6. The molecule has 238 valence electrons. The topological polar surface area (TPSA) is 76.0 Å². The molecule has 0 aromatic heterocycles. The zero-order valence-corrected chi connectivity index (χ0v) is 27.5. The van der Waals surface area contributed by atoms with Gasteiger partial charge in [-0.05, 0) is 40.5 Å². The van der Waals surface area contributed by atoms with Crippen LogP contribution in [0.2, 0.25) is 0 Å². The number of carbonyl (C=O) groups is 1. The molecule has 0 aliphatic carbocycles. The smallest absolute Gasteiger partial charge is 0.305 e. The number of aliphatic hydroxyl groups is 2. The van der Waals surface area contributed by atoms with E-state index in [1.807, 2.05) is 27.7 Å². The van der Waals surface area contributed by atoms with Gasteiger partial charge in [-0.1, -0.05) is 122 Å². The molecule has 0 bridgehead atoms. The number of esters is 1.